The Hall–Kier alpha value is -3.88. The molecule has 0 fully saturated rings. The van der Waals surface area contributed by atoms with Crippen LogP contribution in [-0.2, 0) is 18.8 Å². The second-order valence-corrected chi connectivity index (χ2v) is 8.73. The molecule has 0 spiro atoms. The fourth-order valence-electron chi connectivity index (χ4n) is 3.50. The number of unbranched alkanes of at least 4 members (excludes halogenated alkanes) is 2. The molecule has 0 saturated carbocycles. The Morgan fingerprint density at radius 2 is 1.65 bits per heavy atom. The number of aromatic amines is 1. The third-order valence-electron chi connectivity index (χ3n) is 5.65. The average molecular weight is 577 g/mol. The van der Waals surface area contributed by atoms with Crippen LogP contribution >= 0.6 is 0 Å². The number of benzene rings is 1. The number of likely N-dealkylation sites (N-methyl/N-ethyl adjacent to an activating group) is 1. The van der Waals surface area contributed by atoms with Crippen molar-refractivity contribution in [1.82, 2.24) is 25.1 Å². The summed E-state index contributed by atoms with van der Waals surface area (Å²) in [4.78, 5) is 31.3. The van der Waals surface area contributed by atoms with Crippen LogP contribution in [0.3, 0.4) is 0 Å². The molecule has 0 aliphatic heterocycles. The van der Waals surface area contributed by atoms with Gasteiger partial charge in [0.15, 0.2) is 5.82 Å². The van der Waals surface area contributed by atoms with Crippen LogP contribution in [0.25, 0.3) is 11.4 Å². The molecule has 0 atom stereocenters. The molecule has 3 aromatic rings. The first-order valence-corrected chi connectivity index (χ1v) is 11.9. The van der Waals surface area contributed by atoms with Gasteiger partial charge in [-0.05, 0) is 44.1 Å². The van der Waals surface area contributed by atoms with E-state index in [9.17, 15) is 40.3 Å². The van der Waals surface area contributed by atoms with Gasteiger partial charge in [0.05, 0.1) is 23.0 Å². The molecule has 40 heavy (non-hydrogen) atoms. The second kappa shape index (κ2) is 14.0. The third-order valence-corrected chi connectivity index (χ3v) is 5.65. The first kappa shape index (κ1) is 32.3. The van der Waals surface area contributed by atoms with Crippen molar-refractivity contribution in [2.45, 2.75) is 45.0 Å². The average Bonchev–Trinajstić information content (AvgIpc) is 2.87. The van der Waals surface area contributed by atoms with Crippen LogP contribution in [-0.4, -0.2) is 51.5 Å². The van der Waals surface area contributed by atoms with Crippen molar-refractivity contribution in [3.8, 4) is 11.4 Å². The predicted octanol–water partition coefficient (Wildman–Crippen LogP) is 5.15. The molecule has 0 unspecified atom stereocenters. The van der Waals surface area contributed by atoms with Crippen molar-refractivity contribution in [3.05, 3.63) is 69.1 Å². The van der Waals surface area contributed by atoms with E-state index in [0.29, 0.717) is 37.2 Å². The minimum atomic E-state index is -4.74. The fraction of sp³-hybridized carbons (Fsp3) is 0.400. The highest BCUT2D eigenvalue weighted by molar-refractivity contribution is 5.79. The van der Waals surface area contributed by atoms with E-state index < -0.39 is 40.5 Å². The number of nitrogen functional groups attached to an aromatic ring is 1. The molecule has 0 aliphatic carbocycles. The van der Waals surface area contributed by atoms with Crippen molar-refractivity contribution >= 4 is 12.0 Å². The van der Waals surface area contributed by atoms with E-state index in [1.165, 1.54) is 6.07 Å². The van der Waals surface area contributed by atoms with Gasteiger partial charge in [0, 0.05) is 24.5 Å². The molecular weight excluding hydrogens is 549 g/mol. The quantitative estimate of drug-likeness (QED) is 0.206. The Bertz CT molecular complexity index is 1330. The maximum absolute atomic E-state index is 14.4. The number of alkyl halides is 6. The molecule has 0 saturated heterocycles. The summed E-state index contributed by atoms with van der Waals surface area (Å²) in [6, 6.07) is 2.53. The smallest absolute Gasteiger partial charge is 0.397 e. The standard InChI is InChI=1S/C20H23F4N3O.C5H4F3N3O/c1-3-4-5-7-27(2)8-6-14-9-17(18(21)10-15(14)13-28)19-25-11-16(12-26-19)20(22,23)24;6-5(7,8)3-2(9)1-10-11-4(3)12/h9-13H,3-8H2,1-2H3;1H,(H3,9,11,12). The molecule has 2 aromatic heterocycles. The highest BCUT2D eigenvalue weighted by atomic mass is 19.4. The van der Waals surface area contributed by atoms with Crippen LogP contribution in [0.15, 0.2) is 35.5 Å². The first-order chi connectivity index (χ1) is 18.7. The van der Waals surface area contributed by atoms with Crippen molar-refractivity contribution in [3.63, 3.8) is 0 Å². The highest BCUT2D eigenvalue weighted by Crippen LogP contribution is 2.30. The third kappa shape index (κ3) is 9.10. The van der Waals surface area contributed by atoms with Gasteiger partial charge in [-0.1, -0.05) is 19.8 Å². The summed E-state index contributed by atoms with van der Waals surface area (Å²) in [6.07, 6.45) is -2.91. The lowest BCUT2D eigenvalue weighted by molar-refractivity contribution is -0.138. The molecule has 0 amide bonds. The summed E-state index contributed by atoms with van der Waals surface area (Å²) in [5.74, 6) is -0.901. The number of aldehydes is 1. The van der Waals surface area contributed by atoms with Crippen molar-refractivity contribution in [1.29, 1.82) is 0 Å². The van der Waals surface area contributed by atoms with Gasteiger partial charge in [0.1, 0.15) is 17.7 Å². The topological polar surface area (TPSA) is 118 Å². The van der Waals surface area contributed by atoms with Gasteiger partial charge in [-0.3, -0.25) is 9.59 Å². The van der Waals surface area contributed by atoms with Crippen LogP contribution in [0.4, 0.5) is 36.4 Å². The molecule has 3 rings (SSSR count). The molecule has 0 bridgehead atoms. The number of anilines is 1. The fourth-order valence-corrected chi connectivity index (χ4v) is 3.50. The zero-order valence-corrected chi connectivity index (χ0v) is 21.5. The number of carbonyl (C=O) groups excluding carboxylic acids is 1. The summed E-state index contributed by atoms with van der Waals surface area (Å²) in [5.41, 5.74) is 1.29. The van der Waals surface area contributed by atoms with Gasteiger partial charge in [-0.15, -0.1) is 0 Å². The number of halogens is 7. The Balaban J connectivity index is 0.000000389. The van der Waals surface area contributed by atoms with E-state index in [-0.39, 0.29) is 17.0 Å². The van der Waals surface area contributed by atoms with Crippen LogP contribution in [0.5, 0.6) is 0 Å². The van der Waals surface area contributed by atoms with Gasteiger partial charge in [-0.2, -0.15) is 31.4 Å². The number of hydrogen-bond donors (Lipinski definition) is 2. The monoisotopic (exact) mass is 576 g/mol. The Labute approximate surface area is 224 Å². The van der Waals surface area contributed by atoms with Gasteiger partial charge in [-0.25, -0.2) is 19.5 Å². The SMILES string of the molecule is CCCCCN(C)CCc1cc(-c2ncc(C(F)(F)F)cn2)c(F)cc1C=O.Nc1cn[nH]c(=O)c1C(F)(F)F. The van der Waals surface area contributed by atoms with Crippen molar-refractivity contribution < 1.29 is 35.5 Å². The summed E-state index contributed by atoms with van der Waals surface area (Å²) in [7, 11) is 1.97. The highest BCUT2D eigenvalue weighted by Gasteiger charge is 2.36. The minimum absolute atomic E-state index is 0.0250. The van der Waals surface area contributed by atoms with E-state index in [1.807, 2.05) is 7.05 Å². The lowest BCUT2D eigenvalue weighted by Crippen LogP contribution is -2.24. The van der Waals surface area contributed by atoms with E-state index in [2.05, 4.69) is 26.9 Å². The maximum Gasteiger partial charge on any atom is 0.423 e. The van der Waals surface area contributed by atoms with E-state index >= 15 is 0 Å². The van der Waals surface area contributed by atoms with Crippen LogP contribution < -0.4 is 11.3 Å². The van der Waals surface area contributed by atoms with Gasteiger partial charge < -0.3 is 10.6 Å². The number of H-pyrrole nitrogens is 1. The zero-order chi connectivity index (χ0) is 30.1. The minimum Gasteiger partial charge on any atom is -0.397 e. The van der Waals surface area contributed by atoms with Crippen LogP contribution in [0, 0.1) is 5.82 Å². The maximum atomic E-state index is 14.4. The molecule has 8 nitrogen and oxygen atoms in total. The Kier molecular flexibility index (Phi) is 11.3. The van der Waals surface area contributed by atoms with Gasteiger partial charge in [0.25, 0.3) is 5.56 Å². The number of rotatable bonds is 9. The number of aromatic nitrogens is 4. The van der Waals surface area contributed by atoms with Gasteiger partial charge in [0.2, 0.25) is 0 Å². The molecule has 218 valence electrons. The number of hydrogen-bond acceptors (Lipinski definition) is 7. The van der Waals surface area contributed by atoms with E-state index in [1.54, 1.807) is 5.10 Å². The van der Waals surface area contributed by atoms with Crippen LogP contribution in [0.2, 0.25) is 0 Å². The van der Waals surface area contributed by atoms with E-state index in [0.717, 1.165) is 38.1 Å². The number of nitrogens with zero attached hydrogens (tertiary/aromatic N) is 4. The molecule has 0 aliphatic rings. The number of nitrogens with one attached hydrogen (secondary N) is 1. The molecule has 1 aromatic carbocycles. The summed E-state index contributed by atoms with van der Waals surface area (Å²) in [6.45, 7) is 3.71. The summed E-state index contributed by atoms with van der Waals surface area (Å²) in [5, 5.41) is 4.74. The predicted molar refractivity (Wildman–Crippen MR) is 133 cm³/mol. The lowest BCUT2D eigenvalue weighted by Gasteiger charge is -2.17. The summed E-state index contributed by atoms with van der Waals surface area (Å²) < 4.78 is 88.3. The number of nitrogens with two attached hydrogens (primary N) is 1. The second-order valence-electron chi connectivity index (χ2n) is 8.73. The molecule has 15 heteroatoms. The molecule has 2 heterocycles. The van der Waals surface area contributed by atoms with Crippen LogP contribution in [0.1, 0.15) is 53.2 Å². The summed E-state index contributed by atoms with van der Waals surface area (Å²) >= 11 is 0. The number of carbonyl (C=O) groups is 1. The van der Waals surface area contributed by atoms with Crippen molar-refractivity contribution in [2.24, 2.45) is 0 Å². The van der Waals surface area contributed by atoms with Crippen molar-refractivity contribution in [2.75, 3.05) is 25.9 Å². The zero-order valence-electron chi connectivity index (χ0n) is 21.5. The lowest BCUT2D eigenvalue weighted by atomic mass is 10.0. The first-order valence-electron chi connectivity index (χ1n) is 11.9. The molecule has 0 radical (unpaired) electrons. The van der Waals surface area contributed by atoms with E-state index in [4.69, 9.17) is 5.73 Å². The molecule has 3 N–H and O–H groups in total. The largest absolute Gasteiger partial charge is 0.423 e. The normalized spacial score (nSPS) is 11.8. The Morgan fingerprint density at radius 1 is 1.00 bits per heavy atom. The Morgan fingerprint density at radius 3 is 2.15 bits per heavy atom. The van der Waals surface area contributed by atoms with Gasteiger partial charge >= 0.3 is 12.4 Å². The molecular formula is C25H27F7N6O2.